The van der Waals surface area contributed by atoms with Gasteiger partial charge in [-0.25, -0.2) is 0 Å². The van der Waals surface area contributed by atoms with Gasteiger partial charge in [0.05, 0.1) is 27.0 Å². The first kappa shape index (κ1) is 27.8. The van der Waals surface area contributed by atoms with Gasteiger partial charge in [-0.3, -0.25) is 0 Å². The minimum atomic E-state index is 0.383. The van der Waals surface area contributed by atoms with E-state index in [1.807, 2.05) is 85.1 Å². The first-order valence-electron chi connectivity index (χ1n) is 12.9. The molecule has 0 atom stereocenters. The van der Waals surface area contributed by atoms with Crippen molar-refractivity contribution in [3.05, 3.63) is 90.0 Å². The van der Waals surface area contributed by atoms with Gasteiger partial charge in [0.15, 0.2) is 11.5 Å². The van der Waals surface area contributed by atoms with E-state index in [1.54, 1.807) is 26.0 Å². The Bertz CT molecular complexity index is 1510. The van der Waals surface area contributed by atoms with Crippen molar-refractivity contribution in [3.63, 3.8) is 0 Å². The summed E-state index contributed by atoms with van der Waals surface area (Å²) in [5.41, 5.74) is 3.72. The minimum absolute atomic E-state index is 0.383. The third-order valence-corrected chi connectivity index (χ3v) is 6.96. The van der Waals surface area contributed by atoms with Crippen molar-refractivity contribution in [3.8, 4) is 34.5 Å². The molecule has 0 saturated heterocycles. The zero-order valence-electron chi connectivity index (χ0n) is 23.3. The number of nitrogens with one attached hydrogen (secondary N) is 2. The molecule has 11 heteroatoms. The van der Waals surface area contributed by atoms with Crippen LogP contribution in [0.25, 0.3) is 17.2 Å². The molecule has 5 rings (SSSR count). The van der Waals surface area contributed by atoms with Crippen molar-refractivity contribution in [2.45, 2.75) is 18.1 Å². The normalized spacial score (nSPS) is 10.7. The number of aromatic nitrogens is 5. The van der Waals surface area contributed by atoms with Crippen LogP contribution in [0.4, 0.5) is 11.9 Å². The highest BCUT2D eigenvalue weighted by molar-refractivity contribution is 7.98. The van der Waals surface area contributed by atoms with E-state index in [0.29, 0.717) is 53.9 Å². The van der Waals surface area contributed by atoms with Crippen LogP contribution < -0.4 is 24.8 Å². The van der Waals surface area contributed by atoms with E-state index in [-0.39, 0.29) is 0 Å². The summed E-state index contributed by atoms with van der Waals surface area (Å²) in [4.78, 5) is 14.1. The van der Waals surface area contributed by atoms with Crippen molar-refractivity contribution in [1.29, 1.82) is 0 Å². The molecule has 0 bridgehead atoms. The molecule has 2 N–H and O–H groups in total. The molecule has 0 fully saturated rings. The van der Waals surface area contributed by atoms with Gasteiger partial charge in [-0.2, -0.15) is 24.7 Å². The number of hydrogen-bond donors (Lipinski definition) is 2. The second-order valence-corrected chi connectivity index (χ2v) is 9.69. The second-order valence-electron chi connectivity index (χ2n) is 8.86. The summed E-state index contributed by atoms with van der Waals surface area (Å²) in [6.45, 7) is 1.13. The fourth-order valence-corrected chi connectivity index (χ4v) is 4.72. The average molecular weight is 570 g/mol. The molecule has 0 unspecified atom stereocenters. The molecule has 41 heavy (non-hydrogen) atoms. The molecule has 0 aliphatic carbocycles. The smallest absolute Gasteiger partial charge is 0.258 e. The van der Waals surface area contributed by atoms with Crippen LogP contribution in [-0.2, 0) is 13.1 Å². The molecule has 2 heterocycles. The first-order chi connectivity index (χ1) is 20.1. The molecule has 0 radical (unpaired) electrons. The molecule has 0 saturated carbocycles. The van der Waals surface area contributed by atoms with E-state index < -0.39 is 0 Å². The van der Waals surface area contributed by atoms with E-state index in [2.05, 4.69) is 15.6 Å². The monoisotopic (exact) mass is 569 g/mol. The predicted molar refractivity (Wildman–Crippen MR) is 161 cm³/mol. The van der Waals surface area contributed by atoms with Gasteiger partial charge in [0.1, 0.15) is 5.03 Å². The van der Waals surface area contributed by atoms with Crippen LogP contribution in [0.5, 0.6) is 17.2 Å². The third kappa shape index (κ3) is 6.52. The summed E-state index contributed by atoms with van der Waals surface area (Å²) in [6.07, 6.45) is 1.98. The third-order valence-electron chi connectivity index (χ3n) is 6.25. The number of benzene rings is 3. The molecule has 0 aliphatic rings. The highest BCUT2D eigenvalue weighted by Gasteiger charge is 2.19. The Kier molecular flexibility index (Phi) is 8.85. The lowest BCUT2D eigenvalue weighted by molar-refractivity contribution is 0.324. The summed E-state index contributed by atoms with van der Waals surface area (Å²) in [5, 5.41) is 12.4. The van der Waals surface area contributed by atoms with Crippen molar-refractivity contribution < 1.29 is 14.2 Å². The van der Waals surface area contributed by atoms with Gasteiger partial charge in [-0.1, -0.05) is 60.7 Å². The highest BCUT2D eigenvalue weighted by Crippen LogP contribution is 2.41. The average Bonchev–Trinajstić information content (AvgIpc) is 3.48. The van der Waals surface area contributed by atoms with Crippen LogP contribution in [0.1, 0.15) is 11.1 Å². The Balaban J connectivity index is 1.52. The van der Waals surface area contributed by atoms with E-state index >= 15 is 0 Å². The predicted octanol–water partition coefficient (Wildman–Crippen LogP) is 5.70. The largest absolute Gasteiger partial charge is 0.493 e. The Hall–Kier alpha value is -4.77. The van der Waals surface area contributed by atoms with E-state index in [0.717, 1.165) is 21.7 Å². The number of ether oxygens (including phenoxy) is 3. The van der Waals surface area contributed by atoms with Gasteiger partial charge >= 0.3 is 0 Å². The lowest BCUT2D eigenvalue weighted by Crippen LogP contribution is -2.13. The molecule has 2 aromatic heterocycles. The van der Waals surface area contributed by atoms with Gasteiger partial charge in [0.25, 0.3) is 5.95 Å². The zero-order chi connectivity index (χ0) is 28.6. The summed E-state index contributed by atoms with van der Waals surface area (Å²) < 4.78 is 18.3. The number of nitrogens with zero attached hydrogens (tertiary/aromatic N) is 5. The molecule has 10 nitrogen and oxygen atoms in total. The molecule has 0 spiro atoms. The number of methoxy groups -OCH3 is 3. The molecule has 5 aromatic rings. The van der Waals surface area contributed by atoms with Crippen molar-refractivity contribution in [2.24, 2.45) is 0 Å². The van der Waals surface area contributed by atoms with Gasteiger partial charge in [0, 0.05) is 18.7 Å². The topological polar surface area (TPSA) is 108 Å². The number of rotatable bonds is 12. The Labute approximate surface area is 243 Å². The molecule has 210 valence electrons. The number of hydrogen-bond acceptors (Lipinski definition) is 10. The maximum absolute atomic E-state index is 5.55. The van der Waals surface area contributed by atoms with Crippen LogP contribution >= 0.6 is 11.8 Å². The second kappa shape index (κ2) is 13.1. The zero-order valence-corrected chi connectivity index (χ0v) is 24.1. The van der Waals surface area contributed by atoms with Crippen LogP contribution in [0.15, 0.2) is 83.9 Å². The van der Waals surface area contributed by atoms with Gasteiger partial charge in [-0.05, 0) is 35.6 Å². The Morgan fingerprint density at radius 3 is 1.71 bits per heavy atom. The summed E-state index contributed by atoms with van der Waals surface area (Å²) >= 11 is 1.54. The highest BCUT2D eigenvalue weighted by atomic mass is 32.2. The summed E-state index contributed by atoms with van der Waals surface area (Å²) in [7, 11) is 4.76. The van der Waals surface area contributed by atoms with E-state index in [1.165, 1.54) is 11.8 Å². The van der Waals surface area contributed by atoms with E-state index in [9.17, 15) is 0 Å². The summed E-state index contributed by atoms with van der Waals surface area (Å²) in [6, 6.07) is 25.9. The van der Waals surface area contributed by atoms with Gasteiger partial charge in [0.2, 0.25) is 17.6 Å². The Morgan fingerprint density at radius 1 is 0.707 bits per heavy atom. The minimum Gasteiger partial charge on any atom is -0.493 e. The Morgan fingerprint density at radius 2 is 1.24 bits per heavy atom. The van der Waals surface area contributed by atoms with Crippen molar-refractivity contribution in [2.75, 3.05) is 38.2 Å². The van der Waals surface area contributed by atoms with Crippen LogP contribution in [0.2, 0.25) is 0 Å². The fourth-order valence-electron chi connectivity index (χ4n) is 4.19. The van der Waals surface area contributed by atoms with Crippen LogP contribution in [0, 0.1) is 0 Å². The molecule has 3 aromatic carbocycles. The number of anilines is 2. The maximum atomic E-state index is 5.55. The SMILES string of the molecule is COc1cc(-c2cc(SC)n(-c3nc(NCc4ccccc4)nc(NCc4ccccc4)n3)n2)cc(OC)c1OC. The lowest BCUT2D eigenvalue weighted by Gasteiger charge is -2.13. The summed E-state index contributed by atoms with van der Waals surface area (Å²) in [5.74, 6) is 2.86. The quantitative estimate of drug-likeness (QED) is 0.182. The first-order valence-corrected chi connectivity index (χ1v) is 14.1. The molecule has 0 aliphatic heterocycles. The van der Waals surface area contributed by atoms with Gasteiger partial charge < -0.3 is 24.8 Å². The van der Waals surface area contributed by atoms with Crippen molar-refractivity contribution in [1.82, 2.24) is 24.7 Å². The fraction of sp³-hybridized carbons (Fsp3) is 0.200. The standard InChI is InChI=1S/C30H31N7O3S/c1-38-24-15-22(16-25(39-2)27(24)40-3)23-17-26(41-4)37(36-23)30-34-28(31-18-20-11-7-5-8-12-20)33-29(35-30)32-19-21-13-9-6-10-14-21/h5-17H,18-19H2,1-4H3,(H2,31,32,33,34,35). The van der Waals surface area contributed by atoms with Crippen LogP contribution in [0.3, 0.4) is 0 Å². The van der Waals surface area contributed by atoms with E-state index in [4.69, 9.17) is 29.3 Å². The molecule has 0 amide bonds. The number of thioether (sulfide) groups is 1. The van der Waals surface area contributed by atoms with Crippen molar-refractivity contribution >= 4 is 23.7 Å². The maximum Gasteiger partial charge on any atom is 0.258 e. The van der Waals surface area contributed by atoms with Crippen LogP contribution in [-0.4, -0.2) is 52.3 Å². The van der Waals surface area contributed by atoms with Gasteiger partial charge in [-0.15, -0.1) is 11.8 Å². The lowest BCUT2D eigenvalue weighted by atomic mass is 10.1. The molecular formula is C30H31N7O3S. The molecular weight excluding hydrogens is 538 g/mol.